The van der Waals surface area contributed by atoms with Crippen molar-refractivity contribution in [2.75, 3.05) is 13.7 Å². The lowest BCUT2D eigenvalue weighted by atomic mass is 10.2. The highest BCUT2D eigenvalue weighted by atomic mass is 16.5. The Balaban J connectivity index is 1.99. The lowest BCUT2D eigenvalue weighted by Gasteiger charge is -2.21. The van der Waals surface area contributed by atoms with Gasteiger partial charge in [0, 0.05) is 12.1 Å². The number of rotatable bonds is 3. The number of ether oxygens (including phenoxy) is 1. The Bertz CT molecular complexity index is 321. The van der Waals surface area contributed by atoms with Crippen LogP contribution in [0.1, 0.15) is 18.4 Å². The Morgan fingerprint density at radius 2 is 2.60 bits per heavy atom. The maximum atomic E-state index is 11.5. The molecule has 82 valence electrons. The van der Waals surface area contributed by atoms with Gasteiger partial charge in [0.05, 0.1) is 19.6 Å². The molecule has 0 aromatic carbocycles. The molecule has 0 aliphatic carbocycles. The lowest BCUT2D eigenvalue weighted by molar-refractivity contribution is -0.146. The second kappa shape index (κ2) is 4.49. The van der Waals surface area contributed by atoms with E-state index in [2.05, 4.69) is 4.90 Å². The van der Waals surface area contributed by atoms with Gasteiger partial charge >= 0.3 is 5.97 Å². The summed E-state index contributed by atoms with van der Waals surface area (Å²) in [5.41, 5.74) is 1.10. The first kappa shape index (κ1) is 10.2. The van der Waals surface area contributed by atoms with Gasteiger partial charge in [-0.25, -0.2) is 0 Å². The highest BCUT2D eigenvalue weighted by molar-refractivity contribution is 5.75. The number of methoxy groups -OCH3 is 1. The van der Waals surface area contributed by atoms with Gasteiger partial charge in [0.1, 0.15) is 6.04 Å². The molecule has 1 aromatic rings. The minimum atomic E-state index is -0.129. The number of nitrogens with zero attached hydrogens (tertiary/aromatic N) is 1. The summed E-state index contributed by atoms with van der Waals surface area (Å²) >= 11 is 0. The molecule has 2 rings (SSSR count). The van der Waals surface area contributed by atoms with Crippen LogP contribution in [-0.4, -0.2) is 30.6 Å². The van der Waals surface area contributed by atoms with Crippen LogP contribution in [0.3, 0.4) is 0 Å². The van der Waals surface area contributed by atoms with Gasteiger partial charge in [0.25, 0.3) is 0 Å². The Labute approximate surface area is 88.8 Å². The van der Waals surface area contributed by atoms with E-state index in [1.54, 1.807) is 12.5 Å². The van der Waals surface area contributed by atoms with Crippen molar-refractivity contribution >= 4 is 5.97 Å². The maximum Gasteiger partial charge on any atom is 0.323 e. The number of furan rings is 1. The summed E-state index contributed by atoms with van der Waals surface area (Å²) in [6.45, 7) is 1.71. The van der Waals surface area contributed by atoms with Crippen LogP contribution >= 0.6 is 0 Å². The third-order valence-electron chi connectivity index (χ3n) is 2.80. The molecular formula is C11H15NO3. The second-order valence-corrected chi connectivity index (χ2v) is 3.78. The Morgan fingerprint density at radius 3 is 3.27 bits per heavy atom. The zero-order valence-electron chi connectivity index (χ0n) is 8.81. The first-order valence-corrected chi connectivity index (χ1v) is 5.14. The molecule has 2 heterocycles. The van der Waals surface area contributed by atoms with Gasteiger partial charge in [0.2, 0.25) is 0 Å². The van der Waals surface area contributed by atoms with Crippen LogP contribution in [0.25, 0.3) is 0 Å². The van der Waals surface area contributed by atoms with Gasteiger partial charge in [-0.05, 0) is 25.5 Å². The SMILES string of the molecule is COC(=O)C1CCCN1Cc1ccoc1. The Morgan fingerprint density at radius 1 is 1.73 bits per heavy atom. The zero-order chi connectivity index (χ0) is 10.7. The molecular weight excluding hydrogens is 194 g/mol. The van der Waals surface area contributed by atoms with Gasteiger partial charge in [-0.2, -0.15) is 0 Å². The fourth-order valence-corrected chi connectivity index (χ4v) is 2.04. The Kier molecular flexibility index (Phi) is 3.06. The normalized spacial score (nSPS) is 21.8. The standard InChI is InChI=1S/C11H15NO3/c1-14-11(13)10-3-2-5-12(10)7-9-4-6-15-8-9/h4,6,8,10H,2-3,5,7H2,1H3. The van der Waals surface area contributed by atoms with E-state index < -0.39 is 0 Å². The second-order valence-electron chi connectivity index (χ2n) is 3.78. The molecule has 4 heteroatoms. The molecule has 1 unspecified atom stereocenters. The molecule has 0 amide bonds. The summed E-state index contributed by atoms with van der Waals surface area (Å²) in [5.74, 6) is -0.129. The van der Waals surface area contributed by atoms with Crippen LogP contribution in [0, 0.1) is 0 Å². The third-order valence-corrected chi connectivity index (χ3v) is 2.80. The van der Waals surface area contributed by atoms with E-state index in [1.165, 1.54) is 7.11 Å². The molecule has 0 saturated carbocycles. The molecule has 1 atom stereocenters. The van der Waals surface area contributed by atoms with Crippen molar-refractivity contribution < 1.29 is 13.9 Å². The zero-order valence-corrected chi connectivity index (χ0v) is 8.81. The average Bonchev–Trinajstić information content (AvgIpc) is 2.88. The van der Waals surface area contributed by atoms with Crippen molar-refractivity contribution in [2.45, 2.75) is 25.4 Å². The van der Waals surface area contributed by atoms with Crippen LogP contribution in [0.4, 0.5) is 0 Å². The smallest absolute Gasteiger partial charge is 0.323 e. The van der Waals surface area contributed by atoms with E-state index in [4.69, 9.17) is 9.15 Å². The van der Waals surface area contributed by atoms with E-state index >= 15 is 0 Å². The number of hydrogen-bond acceptors (Lipinski definition) is 4. The number of likely N-dealkylation sites (tertiary alicyclic amines) is 1. The number of carbonyl (C=O) groups excluding carboxylic acids is 1. The van der Waals surface area contributed by atoms with Crippen molar-refractivity contribution in [2.24, 2.45) is 0 Å². The molecule has 4 nitrogen and oxygen atoms in total. The monoisotopic (exact) mass is 209 g/mol. The van der Waals surface area contributed by atoms with Crippen molar-refractivity contribution in [1.29, 1.82) is 0 Å². The van der Waals surface area contributed by atoms with E-state index in [0.29, 0.717) is 0 Å². The first-order valence-electron chi connectivity index (χ1n) is 5.14. The van der Waals surface area contributed by atoms with Gasteiger partial charge in [-0.1, -0.05) is 0 Å². The van der Waals surface area contributed by atoms with E-state index in [9.17, 15) is 4.79 Å². The molecule has 0 spiro atoms. The Hall–Kier alpha value is -1.29. The first-order chi connectivity index (χ1) is 7.31. The third kappa shape index (κ3) is 2.21. The predicted molar refractivity (Wildman–Crippen MR) is 54.2 cm³/mol. The van der Waals surface area contributed by atoms with E-state index in [1.807, 2.05) is 6.07 Å². The van der Waals surface area contributed by atoms with Crippen molar-refractivity contribution in [1.82, 2.24) is 4.90 Å². The summed E-state index contributed by atoms with van der Waals surface area (Å²) in [6, 6.07) is 1.84. The molecule has 0 N–H and O–H groups in total. The molecule has 1 aromatic heterocycles. The van der Waals surface area contributed by atoms with Crippen LogP contribution < -0.4 is 0 Å². The maximum absolute atomic E-state index is 11.5. The summed E-state index contributed by atoms with van der Waals surface area (Å²) in [6.07, 6.45) is 5.31. The molecule has 1 fully saturated rings. The molecule has 0 radical (unpaired) electrons. The van der Waals surface area contributed by atoms with Crippen molar-refractivity contribution in [3.8, 4) is 0 Å². The van der Waals surface area contributed by atoms with Crippen LogP contribution in [0.15, 0.2) is 23.0 Å². The van der Waals surface area contributed by atoms with Crippen LogP contribution in [0.2, 0.25) is 0 Å². The predicted octanol–water partition coefficient (Wildman–Crippen LogP) is 1.42. The average molecular weight is 209 g/mol. The highest BCUT2D eigenvalue weighted by Gasteiger charge is 2.31. The summed E-state index contributed by atoms with van der Waals surface area (Å²) in [7, 11) is 1.44. The van der Waals surface area contributed by atoms with Crippen molar-refractivity contribution in [3.63, 3.8) is 0 Å². The van der Waals surface area contributed by atoms with Gasteiger partial charge < -0.3 is 9.15 Å². The summed E-state index contributed by atoms with van der Waals surface area (Å²) in [5, 5.41) is 0. The van der Waals surface area contributed by atoms with Gasteiger partial charge in [-0.3, -0.25) is 9.69 Å². The number of esters is 1. The lowest BCUT2D eigenvalue weighted by Crippen LogP contribution is -2.36. The molecule has 1 aliphatic rings. The van der Waals surface area contributed by atoms with E-state index in [-0.39, 0.29) is 12.0 Å². The topological polar surface area (TPSA) is 42.7 Å². The summed E-state index contributed by atoms with van der Waals surface area (Å²) in [4.78, 5) is 13.6. The van der Waals surface area contributed by atoms with Gasteiger partial charge in [-0.15, -0.1) is 0 Å². The minimum absolute atomic E-state index is 0.0788. The van der Waals surface area contributed by atoms with E-state index in [0.717, 1.165) is 31.5 Å². The van der Waals surface area contributed by atoms with Crippen molar-refractivity contribution in [3.05, 3.63) is 24.2 Å². The molecule has 15 heavy (non-hydrogen) atoms. The van der Waals surface area contributed by atoms with Crippen LogP contribution in [0.5, 0.6) is 0 Å². The molecule has 1 aliphatic heterocycles. The fourth-order valence-electron chi connectivity index (χ4n) is 2.04. The van der Waals surface area contributed by atoms with Crippen LogP contribution in [-0.2, 0) is 16.1 Å². The number of carbonyl (C=O) groups is 1. The highest BCUT2D eigenvalue weighted by Crippen LogP contribution is 2.20. The number of hydrogen-bond donors (Lipinski definition) is 0. The minimum Gasteiger partial charge on any atom is -0.472 e. The summed E-state index contributed by atoms with van der Waals surface area (Å²) < 4.78 is 9.78. The van der Waals surface area contributed by atoms with Gasteiger partial charge in [0.15, 0.2) is 0 Å². The molecule has 0 bridgehead atoms. The largest absolute Gasteiger partial charge is 0.472 e. The molecule has 1 saturated heterocycles. The fraction of sp³-hybridized carbons (Fsp3) is 0.545. The quantitative estimate of drug-likeness (QED) is 0.706.